The molecule has 0 spiro atoms. The lowest BCUT2D eigenvalue weighted by Crippen LogP contribution is -2.42. The van der Waals surface area contributed by atoms with Crippen LogP contribution in [0.3, 0.4) is 0 Å². The molecule has 1 aliphatic heterocycles. The number of H-pyrrole nitrogens is 1. The molecule has 158 valence electrons. The molecule has 0 radical (unpaired) electrons. The molecule has 2 aromatic carbocycles. The van der Waals surface area contributed by atoms with Crippen LogP contribution in [0, 0.1) is 0 Å². The van der Waals surface area contributed by atoms with Crippen LogP contribution in [-0.2, 0) is 16.0 Å². The third-order valence-electron chi connectivity index (χ3n) is 6.16. The Morgan fingerprint density at radius 3 is 2.77 bits per heavy atom. The molecule has 2 heterocycles. The van der Waals surface area contributed by atoms with Gasteiger partial charge in [-0.15, -0.1) is 0 Å². The molecule has 31 heavy (non-hydrogen) atoms. The Morgan fingerprint density at radius 2 is 1.87 bits per heavy atom. The van der Waals surface area contributed by atoms with E-state index in [1.165, 1.54) is 10.9 Å². The average molecular weight is 416 g/mol. The number of aromatic nitrogens is 1. The average Bonchev–Trinajstić information content (AvgIpc) is 3.11. The molecular weight excluding hydrogens is 392 g/mol. The van der Waals surface area contributed by atoms with Crippen molar-refractivity contribution in [2.24, 2.45) is 0 Å². The number of carbonyl (C=O) groups is 3. The van der Waals surface area contributed by atoms with E-state index in [2.05, 4.69) is 33.1 Å². The van der Waals surface area contributed by atoms with E-state index in [4.69, 9.17) is 0 Å². The van der Waals surface area contributed by atoms with Crippen LogP contribution in [0.5, 0.6) is 0 Å². The molecule has 2 aliphatic rings. The second-order valence-corrected chi connectivity index (χ2v) is 8.17. The summed E-state index contributed by atoms with van der Waals surface area (Å²) in [6, 6.07) is 14.3. The standard InChI is InChI=1S/C24H24N4O3/c29-21(13-12-20-24(31)27-18-10-4-2-7-16(18)23(30)28-20)25-19-11-5-8-15-14-6-1-3-9-17(14)26-22(15)19/h1-4,6-7,9-10,19-20,26H,5,8,11-13H2,(H,25,29)(H,27,31)(H,28,30)/t19?,20-/m0/s1. The van der Waals surface area contributed by atoms with Gasteiger partial charge in [-0.3, -0.25) is 14.4 Å². The van der Waals surface area contributed by atoms with Crippen LogP contribution in [0.15, 0.2) is 48.5 Å². The molecule has 0 saturated heterocycles. The molecule has 4 N–H and O–H groups in total. The lowest BCUT2D eigenvalue weighted by molar-refractivity contribution is -0.122. The lowest BCUT2D eigenvalue weighted by atomic mass is 9.91. The second-order valence-electron chi connectivity index (χ2n) is 8.17. The Hall–Kier alpha value is -3.61. The van der Waals surface area contributed by atoms with E-state index in [1.54, 1.807) is 24.3 Å². The van der Waals surface area contributed by atoms with Gasteiger partial charge in [-0.2, -0.15) is 0 Å². The first-order valence-corrected chi connectivity index (χ1v) is 10.7. The Bertz CT molecular complexity index is 1180. The molecular formula is C24H24N4O3. The minimum absolute atomic E-state index is 0.0644. The van der Waals surface area contributed by atoms with E-state index in [-0.39, 0.29) is 36.6 Å². The summed E-state index contributed by atoms with van der Waals surface area (Å²) in [5.74, 6) is -0.739. The number of hydrogen-bond acceptors (Lipinski definition) is 3. The van der Waals surface area contributed by atoms with Gasteiger partial charge in [0.25, 0.3) is 5.91 Å². The van der Waals surface area contributed by atoms with Crippen molar-refractivity contribution >= 4 is 34.3 Å². The fourth-order valence-corrected chi connectivity index (χ4v) is 4.62. The quantitative estimate of drug-likeness (QED) is 0.525. The van der Waals surface area contributed by atoms with Gasteiger partial charge in [-0.1, -0.05) is 30.3 Å². The zero-order valence-corrected chi connectivity index (χ0v) is 17.0. The van der Waals surface area contributed by atoms with Crippen molar-refractivity contribution in [1.82, 2.24) is 15.6 Å². The van der Waals surface area contributed by atoms with Gasteiger partial charge in [-0.25, -0.2) is 0 Å². The summed E-state index contributed by atoms with van der Waals surface area (Å²) in [4.78, 5) is 41.1. The fraction of sp³-hybridized carbons (Fsp3) is 0.292. The van der Waals surface area contributed by atoms with Gasteiger partial charge in [-0.05, 0) is 49.4 Å². The summed E-state index contributed by atoms with van der Waals surface area (Å²) < 4.78 is 0. The Kier molecular flexibility index (Phi) is 4.94. The first kappa shape index (κ1) is 19.4. The number of anilines is 1. The molecule has 7 nitrogen and oxygen atoms in total. The van der Waals surface area contributed by atoms with E-state index in [0.717, 1.165) is 30.5 Å². The highest BCUT2D eigenvalue weighted by Gasteiger charge is 2.29. The number of amides is 3. The van der Waals surface area contributed by atoms with Crippen LogP contribution in [0.1, 0.15) is 53.3 Å². The number of rotatable bonds is 4. The Labute approximate surface area is 179 Å². The third kappa shape index (κ3) is 3.67. The molecule has 1 unspecified atom stereocenters. The monoisotopic (exact) mass is 416 g/mol. The maximum Gasteiger partial charge on any atom is 0.254 e. The number of nitrogens with one attached hydrogen (secondary N) is 4. The third-order valence-corrected chi connectivity index (χ3v) is 6.16. The number of carbonyl (C=O) groups excluding carboxylic acids is 3. The zero-order chi connectivity index (χ0) is 21.4. The fourth-order valence-electron chi connectivity index (χ4n) is 4.62. The molecule has 0 saturated carbocycles. The number of para-hydroxylation sites is 2. The predicted octanol–water partition coefficient (Wildman–Crippen LogP) is 3.19. The minimum atomic E-state index is -0.749. The van der Waals surface area contributed by atoms with Crippen molar-refractivity contribution in [1.29, 1.82) is 0 Å². The van der Waals surface area contributed by atoms with Crippen molar-refractivity contribution < 1.29 is 14.4 Å². The van der Waals surface area contributed by atoms with Gasteiger partial charge in [0, 0.05) is 23.0 Å². The summed E-state index contributed by atoms with van der Waals surface area (Å²) in [7, 11) is 0. The maximum absolute atomic E-state index is 12.7. The van der Waals surface area contributed by atoms with E-state index < -0.39 is 6.04 Å². The Morgan fingerprint density at radius 1 is 1.06 bits per heavy atom. The van der Waals surface area contributed by atoms with Crippen LogP contribution < -0.4 is 16.0 Å². The highest BCUT2D eigenvalue weighted by atomic mass is 16.2. The van der Waals surface area contributed by atoms with Gasteiger partial charge in [0.15, 0.2) is 0 Å². The van der Waals surface area contributed by atoms with Crippen LogP contribution in [0.4, 0.5) is 5.69 Å². The molecule has 1 aromatic heterocycles. The van der Waals surface area contributed by atoms with Gasteiger partial charge in [0.05, 0.1) is 17.3 Å². The smallest absolute Gasteiger partial charge is 0.254 e. The highest BCUT2D eigenvalue weighted by molar-refractivity contribution is 6.09. The van der Waals surface area contributed by atoms with Crippen molar-refractivity contribution in [3.63, 3.8) is 0 Å². The molecule has 3 aromatic rings. The number of benzene rings is 2. The summed E-state index contributed by atoms with van der Waals surface area (Å²) in [5, 5.41) is 9.85. The predicted molar refractivity (Wildman–Crippen MR) is 118 cm³/mol. The number of aromatic amines is 1. The van der Waals surface area contributed by atoms with Gasteiger partial charge in [0.2, 0.25) is 11.8 Å². The first-order chi connectivity index (χ1) is 15.1. The normalized spacial score (nSPS) is 20.3. The summed E-state index contributed by atoms with van der Waals surface area (Å²) in [5.41, 5.74) is 4.37. The van der Waals surface area contributed by atoms with Crippen LogP contribution in [0.25, 0.3) is 10.9 Å². The van der Waals surface area contributed by atoms with E-state index >= 15 is 0 Å². The summed E-state index contributed by atoms with van der Waals surface area (Å²) >= 11 is 0. The van der Waals surface area contributed by atoms with Crippen molar-refractivity contribution in [3.05, 3.63) is 65.4 Å². The molecule has 5 rings (SSSR count). The second kappa shape index (κ2) is 7.91. The minimum Gasteiger partial charge on any atom is -0.356 e. The van der Waals surface area contributed by atoms with Crippen molar-refractivity contribution in [3.8, 4) is 0 Å². The van der Waals surface area contributed by atoms with E-state index in [1.807, 2.05) is 12.1 Å². The topological polar surface area (TPSA) is 103 Å². The van der Waals surface area contributed by atoms with Gasteiger partial charge >= 0.3 is 0 Å². The Balaban J connectivity index is 1.24. The van der Waals surface area contributed by atoms with E-state index in [9.17, 15) is 14.4 Å². The molecule has 0 fully saturated rings. The van der Waals surface area contributed by atoms with Gasteiger partial charge in [0.1, 0.15) is 6.04 Å². The van der Waals surface area contributed by atoms with Crippen LogP contribution >= 0.6 is 0 Å². The maximum atomic E-state index is 12.7. The first-order valence-electron chi connectivity index (χ1n) is 10.7. The van der Waals surface area contributed by atoms with Crippen LogP contribution in [-0.4, -0.2) is 28.7 Å². The number of fused-ring (bicyclic) bond motifs is 4. The SMILES string of the molecule is O=C(CC[C@@H]1NC(=O)c2ccccc2NC1=O)NC1CCCc2c1[nH]c1ccccc21. The number of hydrogen-bond donors (Lipinski definition) is 4. The summed E-state index contributed by atoms with van der Waals surface area (Å²) in [6.45, 7) is 0. The van der Waals surface area contributed by atoms with Crippen LogP contribution in [0.2, 0.25) is 0 Å². The van der Waals surface area contributed by atoms with E-state index in [0.29, 0.717) is 11.3 Å². The zero-order valence-electron chi connectivity index (χ0n) is 17.0. The highest BCUT2D eigenvalue weighted by Crippen LogP contribution is 2.34. The number of aryl methyl sites for hydroxylation is 1. The van der Waals surface area contributed by atoms with Gasteiger partial charge < -0.3 is 20.9 Å². The van der Waals surface area contributed by atoms with Crippen molar-refractivity contribution in [2.45, 2.75) is 44.2 Å². The van der Waals surface area contributed by atoms with Crippen molar-refractivity contribution in [2.75, 3.05) is 5.32 Å². The lowest BCUT2D eigenvalue weighted by Gasteiger charge is -2.24. The molecule has 1 aliphatic carbocycles. The molecule has 2 atom stereocenters. The molecule has 7 heteroatoms. The molecule has 0 bridgehead atoms. The largest absolute Gasteiger partial charge is 0.356 e. The summed E-state index contributed by atoms with van der Waals surface area (Å²) in [6.07, 6.45) is 3.28. The molecule has 3 amide bonds.